The van der Waals surface area contributed by atoms with Crippen molar-refractivity contribution in [1.82, 2.24) is 9.80 Å². The Morgan fingerprint density at radius 3 is 1.26 bits per heavy atom. The molecule has 0 saturated carbocycles. The Balaban J connectivity index is 1.56. The van der Waals surface area contributed by atoms with Crippen molar-refractivity contribution in [2.24, 2.45) is 11.8 Å². The average Bonchev–Trinajstić information content (AvgIpc) is 3.68. The van der Waals surface area contributed by atoms with Crippen molar-refractivity contribution in [1.29, 1.82) is 0 Å². The fourth-order valence-corrected chi connectivity index (χ4v) is 8.82. The van der Waals surface area contributed by atoms with Gasteiger partial charge in [-0.2, -0.15) is 0 Å². The number of hydrogen-bond donors (Lipinski definition) is 0. The number of halogens is 2. The Bertz CT molecular complexity index is 1190. The SMILES string of the molecule is CC(C)CCCCCCCN1C(=O)C2=C(c3ccc(Br)s3)N(CCCCCCCC(C)C)C(=O)C2=C1c1ccc(Br)s1. The quantitative estimate of drug-likeness (QED) is 0.143. The molecule has 0 bridgehead atoms. The van der Waals surface area contributed by atoms with Crippen LogP contribution in [0.5, 0.6) is 0 Å². The van der Waals surface area contributed by atoms with E-state index in [2.05, 4.69) is 59.6 Å². The van der Waals surface area contributed by atoms with Gasteiger partial charge in [0.2, 0.25) is 0 Å². The van der Waals surface area contributed by atoms with E-state index < -0.39 is 0 Å². The molecule has 0 saturated heterocycles. The Morgan fingerprint density at radius 1 is 0.571 bits per heavy atom. The second kappa shape index (κ2) is 16.2. The van der Waals surface area contributed by atoms with Crippen LogP contribution < -0.4 is 0 Å². The molecule has 0 aromatic carbocycles. The number of fused-ring (bicyclic) bond motifs is 1. The smallest absolute Gasteiger partial charge is 0.261 e. The molecular formula is C34H46Br2N2O2S2. The normalized spacial score (nSPS) is 15.5. The summed E-state index contributed by atoms with van der Waals surface area (Å²) in [5.74, 6) is 1.47. The van der Waals surface area contributed by atoms with Crippen LogP contribution in [0.4, 0.5) is 0 Å². The molecule has 230 valence electrons. The lowest BCUT2D eigenvalue weighted by Gasteiger charge is -2.24. The number of nitrogens with zero attached hydrogens (tertiary/aromatic N) is 2. The zero-order chi connectivity index (χ0) is 30.2. The molecule has 0 spiro atoms. The van der Waals surface area contributed by atoms with E-state index in [0.29, 0.717) is 24.2 Å². The van der Waals surface area contributed by atoms with Crippen LogP contribution in [-0.2, 0) is 9.59 Å². The minimum atomic E-state index is -0.0200. The van der Waals surface area contributed by atoms with Gasteiger partial charge in [0.05, 0.1) is 39.9 Å². The number of carbonyl (C=O) groups is 2. The van der Waals surface area contributed by atoms with Crippen molar-refractivity contribution in [3.05, 3.63) is 52.7 Å². The average molecular weight is 739 g/mol. The van der Waals surface area contributed by atoms with Crippen molar-refractivity contribution < 1.29 is 9.59 Å². The maximum atomic E-state index is 14.2. The van der Waals surface area contributed by atoms with Crippen LogP contribution in [0, 0.1) is 11.8 Å². The van der Waals surface area contributed by atoms with Crippen molar-refractivity contribution in [2.45, 2.75) is 105 Å². The molecule has 0 aliphatic carbocycles. The number of carbonyl (C=O) groups excluding carboxylic acids is 2. The van der Waals surface area contributed by atoms with Crippen LogP contribution in [0.1, 0.15) is 114 Å². The Morgan fingerprint density at radius 2 is 0.929 bits per heavy atom. The summed E-state index contributed by atoms with van der Waals surface area (Å²) in [6, 6.07) is 8.11. The Kier molecular flexibility index (Phi) is 13.0. The van der Waals surface area contributed by atoms with Crippen LogP contribution in [0.3, 0.4) is 0 Å². The van der Waals surface area contributed by atoms with Crippen molar-refractivity contribution in [3.63, 3.8) is 0 Å². The molecule has 2 amide bonds. The zero-order valence-corrected chi connectivity index (χ0v) is 30.5. The summed E-state index contributed by atoms with van der Waals surface area (Å²) in [5, 5.41) is 0. The highest BCUT2D eigenvalue weighted by atomic mass is 79.9. The maximum Gasteiger partial charge on any atom is 0.261 e. The number of rotatable bonds is 18. The summed E-state index contributed by atoms with van der Waals surface area (Å²) in [4.78, 5) is 34.2. The minimum absolute atomic E-state index is 0.0200. The molecule has 8 heteroatoms. The molecule has 0 fully saturated rings. The summed E-state index contributed by atoms with van der Waals surface area (Å²) in [6.45, 7) is 10.4. The molecule has 4 rings (SSSR count). The molecule has 2 aromatic heterocycles. The second-order valence-electron chi connectivity index (χ2n) is 12.5. The van der Waals surface area contributed by atoms with E-state index in [1.54, 1.807) is 22.7 Å². The molecule has 0 radical (unpaired) electrons. The number of hydrogen-bond acceptors (Lipinski definition) is 4. The summed E-state index contributed by atoms with van der Waals surface area (Å²) in [5.41, 5.74) is 2.81. The highest BCUT2D eigenvalue weighted by Crippen LogP contribution is 2.49. The molecule has 4 nitrogen and oxygen atoms in total. The summed E-state index contributed by atoms with van der Waals surface area (Å²) < 4.78 is 2.01. The van der Waals surface area contributed by atoms with Gasteiger partial charge in [0.25, 0.3) is 11.8 Å². The van der Waals surface area contributed by atoms with E-state index in [9.17, 15) is 9.59 Å². The van der Waals surface area contributed by atoms with E-state index in [4.69, 9.17) is 0 Å². The van der Waals surface area contributed by atoms with Crippen molar-refractivity contribution >= 4 is 77.7 Å². The van der Waals surface area contributed by atoms with Crippen molar-refractivity contribution in [2.75, 3.05) is 13.1 Å². The van der Waals surface area contributed by atoms with Gasteiger partial charge in [-0.05, 0) is 80.8 Å². The van der Waals surface area contributed by atoms with Crippen LogP contribution in [0.25, 0.3) is 11.4 Å². The monoisotopic (exact) mass is 736 g/mol. The van der Waals surface area contributed by atoms with E-state index >= 15 is 0 Å². The van der Waals surface area contributed by atoms with E-state index in [-0.39, 0.29) is 11.8 Å². The molecular weight excluding hydrogens is 692 g/mol. The first kappa shape index (κ1) is 33.7. The first-order chi connectivity index (χ1) is 20.2. The van der Waals surface area contributed by atoms with Gasteiger partial charge in [0, 0.05) is 13.1 Å². The topological polar surface area (TPSA) is 40.6 Å². The van der Waals surface area contributed by atoms with Gasteiger partial charge in [0.1, 0.15) is 0 Å². The highest BCUT2D eigenvalue weighted by Gasteiger charge is 2.49. The standard InChI is InChI=1S/C34H46Br2N2O2S2/c1-23(2)15-11-7-5-9-13-21-37-31(25-17-19-27(35)41-25)29-30(33(37)39)32(26-18-20-28(36)42-26)38(34(29)40)22-14-10-6-8-12-16-24(3)4/h17-20,23-24H,5-16,21-22H2,1-4H3. The van der Waals surface area contributed by atoms with Gasteiger partial charge in [-0.1, -0.05) is 91.9 Å². The first-order valence-corrected chi connectivity index (χ1v) is 19.0. The van der Waals surface area contributed by atoms with Crippen molar-refractivity contribution in [3.8, 4) is 0 Å². The lowest BCUT2D eigenvalue weighted by atomic mass is 10.0. The number of unbranched alkanes of at least 4 members (excludes halogenated alkanes) is 8. The van der Waals surface area contributed by atoms with Crippen LogP contribution in [0.2, 0.25) is 0 Å². The molecule has 2 aliphatic rings. The Labute approximate surface area is 277 Å². The number of amides is 2. The molecule has 2 aromatic rings. The maximum absolute atomic E-state index is 14.2. The van der Waals surface area contributed by atoms with Gasteiger partial charge in [-0.25, -0.2) is 0 Å². The third-order valence-electron chi connectivity index (χ3n) is 8.12. The van der Waals surface area contributed by atoms with Gasteiger partial charge >= 0.3 is 0 Å². The van der Waals surface area contributed by atoms with Gasteiger partial charge in [-0.3, -0.25) is 9.59 Å². The molecule has 0 unspecified atom stereocenters. The second-order valence-corrected chi connectivity index (χ2v) is 17.4. The van der Waals surface area contributed by atoms with E-state index in [0.717, 1.165) is 66.2 Å². The van der Waals surface area contributed by atoms with Crippen LogP contribution in [0.15, 0.2) is 43.0 Å². The van der Waals surface area contributed by atoms with Crippen LogP contribution >= 0.6 is 54.5 Å². The molecule has 0 N–H and O–H groups in total. The summed E-state index contributed by atoms with van der Waals surface area (Å²) in [6.07, 6.45) is 14.0. The lowest BCUT2D eigenvalue weighted by Crippen LogP contribution is -2.30. The fourth-order valence-electron chi connectivity index (χ4n) is 5.92. The Hall–Kier alpha value is -1.22. The predicted molar refractivity (Wildman–Crippen MR) is 186 cm³/mol. The van der Waals surface area contributed by atoms with E-state index in [1.165, 1.54) is 51.4 Å². The van der Waals surface area contributed by atoms with E-state index in [1.807, 2.05) is 34.1 Å². The molecule has 42 heavy (non-hydrogen) atoms. The molecule has 0 atom stereocenters. The fraction of sp³-hybridized carbons (Fsp3) is 0.588. The zero-order valence-electron chi connectivity index (χ0n) is 25.6. The highest BCUT2D eigenvalue weighted by molar-refractivity contribution is 9.11. The van der Waals surface area contributed by atoms with Gasteiger partial charge < -0.3 is 9.80 Å². The lowest BCUT2D eigenvalue weighted by molar-refractivity contribution is -0.124. The summed E-state index contributed by atoms with van der Waals surface area (Å²) >= 11 is 10.4. The number of thiophene rings is 2. The third-order valence-corrected chi connectivity index (χ3v) is 11.4. The van der Waals surface area contributed by atoms with Crippen LogP contribution in [-0.4, -0.2) is 34.7 Å². The third kappa shape index (κ3) is 8.48. The van der Waals surface area contributed by atoms with Gasteiger partial charge in [-0.15, -0.1) is 22.7 Å². The largest absolute Gasteiger partial charge is 0.306 e. The molecule has 4 heterocycles. The predicted octanol–water partition coefficient (Wildman–Crippen LogP) is 11.1. The van der Waals surface area contributed by atoms with Gasteiger partial charge in [0.15, 0.2) is 0 Å². The minimum Gasteiger partial charge on any atom is -0.306 e. The first-order valence-electron chi connectivity index (χ1n) is 15.8. The molecule has 2 aliphatic heterocycles. The summed E-state index contributed by atoms with van der Waals surface area (Å²) in [7, 11) is 0.